The second kappa shape index (κ2) is 7.68. The molecule has 1 fully saturated rings. The van der Waals surface area contributed by atoms with Crippen molar-refractivity contribution in [1.29, 1.82) is 0 Å². The maximum absolute atomic E-state index is 12.6. The van der Waals surface area contributed by atoms with Crippen molar-refractivity contribution >= 4 is 16.7 Å². The van der Waals surface area contributed by atoms with Gasteiger partial charge in [0.05, 0.1) is 27.9 Å². The van der Waals surface area contributed by atoms with E-state index < -0.39 is 10.8 Å². The first kappa shape index (κ1) is 16.1. The summed E-state index contributed by atoms with van der Waals surface area (Å²) >= 11 is 0. The van der Waals surface area contributed by atoms with Gasteiger partial charge in [-0.1, -0.05) is 19.1 Å². The maximum atomic E-state index is 12.6. The van der Waals surface area contributed by atoms with Crippen molar-refractivity contribution in [2.75, 3.05) is 45.1 Å². The standard InChI is InChI=1S/C15H22N2O3S/c1-2-21(20)14-6-4-3-5-13(14)15(19)17-9-7-16(8-10-17)11-12-18/h3-6,18H,2,7-12H2,1H3. The molecule has 0 aliphatic carbocycles. The third-order valence-electron chi connectivity index (χ3n) is 3.70. The van der Waals surface area contributed by atoms with Crippen molar-refractivity contribution < 1.29 is 14.1 Å². The van der Waals surface area contributed by atoms with E-state index in [1.807, 2.05) is 19.1 Å². The molecule has 1 unspecified atom stereocenters. The van der Waals surface area contributed by atoms with Crippen molar-refractivity contribution in [1.82, 2.24) is 9.80 Å². The monoisotopic (exact) mass is 310 g/mol. The summed E-state index contributed by atoms with van der Waals surface area (Å²) in [5, 5.41) is 8.94. The molecule has 1 saturated heterocycles. The Balaban J connectivity index is 2.09. The van der Waals surface area contributed by atoms with E-state index in [1.165, 1.54) is 0 Å². The van der Waals surface area contributed by atoms with Gasteiger partial charge in [0.1, 0.15) is 0 Å². The molecule has 0 spiro atoms. The molecule has 1 atom stereocenters. The van der Waals surface area contributed by atoms with Crippen molar-refractivity contribution in [2.24, 2.45) is 0 Å². The van der Waals surface area contributed by atoms with E-state index in [-0.39, 0.29) is 12.5 Å². The highest BCUT2D eigenvalue weighted by Crippen LogP contribution is 2.17. The summed E-state index contributed by atoms with van der Waals surface area (Å²) < 4.78 is 12.1. The fraction of sp³-hybridized carbons (Fsp3) is 0.533. The van der Waals surface area contributed by atoms with Crippen LogP contribution in [0.2, 0.25) is 0 Å². The minimum Gasteiger partial charge on any atom is -0.395 e. The molecule has 1 aliphatic heterocycles. The molecule has 1 heterocycles. The Morgan fingerprint density at radius 1 is 1.24 bits per heavy atom. The number of hydrogen-bond donors (Lipinski definition) is 1. The number of amides is 1. The Hall–Kier alpha value is -1.24. The van der Waals surface area contributed by atoms with Crippen LogP contribution >= 0.6 is 0 Å². The summed E-state index contributed by atoms with van der Waals surface area (Å²) in [5.41, 5.74) is 0.549. The van der Waals surface area contributed by atoms with Gasteiger partial charge in [0.15, 0.2) is 0 Å². The van der Waals surface area contributed by atoms with E-state index in [4.69, 9.17) is 5.11 Å². The van der Waals surface area contributed by atoms with Crippen LogP contribution in [-0.4, -0.2) is 70.1 Å². The first-order valence-electron chi connectivity index (χ1n) is 7.27. The van der Waals surface area contributed by atoms with Crippen molar-refractivity contribution in [2.45, 2.75) is 11.8 Å². The van der Waals surface area contributed by atoms with Gasteiger partial charge in [0, 0.05) is 38.5 Å². The lowest BCUT2D eigenvalue weighted by atomic mass is 10.2. The van der Waals surface area contributed by atoms with Crippen LogP contribution in [0.1, 0.15) is 17.3 Å². The summed E-state index contributed by atoms with van der Waals surface area (Å²) in [6, 6.07) is 7.16. The van der Waals surface area contributed by atoms with E-state index in [1.54, 1.807) is 17.0 Å². The molecule has 2 rings (SSSR count). The Kier molecular flexibility index (Phi) is 5.90. The molecular formula is C15H22N2O3S. The molecule has 6 heteroatoms. The van der Waals surface area contributed by atoms with E-state index in [0.29, 0.717) is 35.8 Å². The highest BCUT2D eigenvalue weighted by molar-refractivity contribution is 7.85. The van der Waals surface area contributed by atoms with Crippen LogP contribution in [0, 0.1) is 0 Å². The molecule has 1 aliphatic rings. The van der Waals surface area contributed by atoms with Gasteiger partial charge in [-0.2, -0.15) is 0 Å². The molecule has 0 aromatic heterocycles. The maximum Gasteiger partial charge on any atom is 0.255 e. The second-order valence-electron chi connectivity index (χ2n) is 4.99. The molecule has 116 valence electrons. The fourth-order valence-electron chi connectivity index (χ4n) is 2.48. The average Bonchev–Trinajstić information content (AvgIpc) is 2.54. The summed E-state index contributed by atoms with van der Waals surface area (Å²) in [5.74, 6) is 0.463. The fourth-order valence-corrected chi connectivity index (χ4v) is 3.43. The molecule has 1 aromatic carbocycles. The zero-order chi connectivity index (χ0) is 15.2. The van der Waals surface area contributed by atoms with E-state index in [0.717, 1.165) is 13.1 Å². The van der Waals surface area contributed by atoms with Crippen LogP contribution in [0.15, 0.2) is 29.2 Å². The number of carbonyl (C=O) groups is 1. The van der Waals surface area contributed by atoms with Crippen LogP contribution in [0.3, 0.4) is 0 Å². The third-order valence-corrected chi connectivity index (χ3v) is 5.07. The number of aliphatic hydroxyl groups is 1. The number of hydrogen-bond acceptors (Lipinski definition) is 4. The summed E-state index contributed by atoms with van der Waals surface area (Å²) in [6.07, 6.45) is 0. The summed E-state index contributed by atoms with van der Waals surface area (Å²) in [6.45, 7) is 5.48. The largest absolute Gasteiger partial charge is 0.395 e. The van der Waals surface area contributed by atoms with Crippen LogP contribution in [0.4, 0.5) is 0 Å². The molecule has 0 radical (unpaired) electrons. The van der Waals surface area contributed by atoms with E-state index in [9.17, 15) is 9.00 Å². The van der Waals surface area contributed by atoms with Crippen LogP contribution in [0.5, 0.6) is 0 Å². The normalized spacial score (nSPS) is 17.7. The number of piperazine rings is 1. The molecule has 5 nitrogen and oxygen atoms in total. The van der Waals surface area contributed by atoms with Crippen molar-refractivity contribution in [3.05, 3.63) is 29.8 Å². The molecular weight excluding hydrogens is 288 g/mol. The third kappa shape index (κ3) is 3.90. The topological polar surface area (TPSA) is 60.9 Å². The quantitative estimate of drug-likeness (QED) is 0.863. The smallest absolute Gasteiger partial charge is 0.255 e. The van der Waals surface area contributed by atoms with Crippen molar-refractivity contribution in [3.8, 4) is 0 Å². The van der Waals surface area contributed by atoms with E-state index in [2.05, 4.69) is 4.90 Å². The zero-order valence-electron chi connectivity index (χ0n) is 12.3. The second-order valence-corrected chi connectivity index (χ2v) is 6.70. The highest BCUT2D eigenvalue weighted by Gasteiger charge is 2.24. The lowest BCUT2D eigenvalue weighted by molar-refractivity contribution is 0.0611. The molecule has 1 aromatic rings. The molecule has 0 saturated carbocycles. The van der Waals surface area contributed by atoms with Gasteiger partial charge in [-0.3, -0.25) is 13.9 Å². The zero-order valence-corrected chi connectivity index (χ0v) is 13.1. The van der Waals surface area contributed by atoms with Gasteiger partial charge in [-0.05, 0) is 12.1 Å². The Morgan fingerprint density at radius 3 is 2.52 bits per heavy atom. The van der Waals surface area contributed by atoms with Gasteiger partial charge in [0.2, 0.25) is 0 Å². The Labute approximate surface area is 128 Å². The predicted molar refractivity (Wildman–Crippen MR) is 82.8 cm³/mol. The summed E-state index contributed by atoms with van der Waals surface area (Å²) in [7, 11) is -1.13. The number of rotatable bonds is 5. The summed E-state index contributed by atoms with van der Waals surface area (Å²) in [4.78, 5) is 17.2. The van der Waals surface area contributed by atoms with Gasteiger partial charge in [-0.15, -0.1) is 0 Å². The lowest BCUT2D eigenvalue weighted by Crippen LogP contribution is -2.49. The highest BCUT2D eigenvalue weighted by atomic mass is 32.2. The molecule has 0 bridgehead atoms. The number of benzene rings is 1. The van der Waals surface area contributed by atoms with E-state index >= 15 is 0 Å². The molecule has 1 N–H and O–H groups in total. The first-order chi connectivity index (χ1) is 10.2. The first-order valence-corrected chi connectivity index (χ1v) is 8.59. The van der Waals surface area contributed by atoms with Crippen molar-refractivity contribution in [3.63, 3.8) is 0 Å². The van der Waals surface area contributed by atoms with Gasteiger partial charge >= 0.3 is 0 Å². The predicted octanol–water partition coefficient (Wildman–Crippen LogP) is 0.564. The van der Waals surface area contributed by atoms with Crippen LogP contribution < -0.4 is 0 Å². The van der Waals surface area contributed by atoms with Crippen LogP contribution in [-0.2, 0) is 10.8 Å². The SMILES string of the molecule is CCS(=O)c1ccccc1C(=O)N1CCN(CCO)CC1. The Morgan fingerprint density at radius 2 is 1.90 bits per heavy atom. The van der Waals surface area contributed by atoms with Crippen LogP contribution in [0.25, 0.3) is 0 Å². The minimum absolute atomic E-state index is 0.0453. The number of carbonyl (C=O) groups excluding carboxylic acids is 1. The number of β-amino-alcohol motifs (C(OH)–C–C–N with tert-alkyl or cyclic N) is 1. The molecule has 1 amide bonds. The number of nitrogens with zero attached hydrogens (tertiary/aromatic N) is 2. The lowest BCUT2D eigenvalue weighted by Gasteiger charge is -2.34. The van der Waals surface area contributed by atoms with Gasteiger partial charge in [-0.25, -0.2) is 0 Å². The van der Waals surface area contributed by atoms with Gasteiger partial charge in [0.25, 0.3) is 5.91 Å². The number of aliphatic hydroxyl groups excluding tert-OH is 1. The minimum atomic E-state index is -1.13. The average molecular weight is 310 g/mol. The van der Waals surface area contributed by atoms with Gasteiger partial charge < -0.3 is 10.0 Å². The Bertz CT molecular complexity index is 513. The molecule has 21 heavy (non-hydrogen) atoms.